The van der Waals surface area contributed by atoms with Gasteiger partial charge < -0.3 is 10.5 Å². The predicted octanol–water partition coefficient (Wildman–Crippen LogP) is 2.86. The molecule has 1 aromatic rings. The van der Waals surface area contributed by atoms with Gasteiger partial charge in [0.05, 0.1) is 0 Å². The molecule has 1 atom stereocenters. The van der Waals surface area contributed by atoms with E-state index in [1.54, 1.807) is 7.11 Å². The van der Waals surface area contributed by atoms with Gasteiger partial charge in [0.2, 0.25) is 0 Å². The van der Waals surface area contributed by atoms with Crippen LogP contribution in [0.5, 0.6) is 0 Å². The molecule has 0 aliphatic carbocycles. The second kappa shape index (κ2) is 4.97. The van der Waals surface area contributed by atoms with Crippen LogP contribution in [0.25, 0.3) is 0 Å². The van der Waals surface area contributed by atoms with Crippen molar-refractivity contribution in [1.29, 1.82) is 0 Å². The third kappa shape index (κ3) is 3.20. The molecule has 3 heteroatoms. The molecule has 0 aromatic heterocycles. The van der Waals surface area contributed by atoms with Crippen molar-refractivity contribution in [3.8, 4) is 0 Å². The topological polar surface area (TPSA) is 35.2 Å². The highest BCUT2D eigenvalue weighted by atomic mass is 35.5. The first-order chi connectivity index (χ1) is 6.97. The average Bonchev–Trinajstić information content (AvgIpc) is 2.19. The Morgan fingerprint density at radius 3 is 2.67 bits per heavy atom. The summed E-state index contributed by atoms with van der Waals surface area (Å²) in [7, 11) is 1.68. The summed E-state index contributed by atoms with van der Waals surface area (Å²) < 4.78 is 5.04. The number of methoxy groups -OCH3 is 1. The molecule has 0 heterocycles. The third-order valence-corrected chi connectivity index (χ3v) is 3.06. The van der Waals surface area contributed by atoms with Gasteiger partial charge in [-0.1, -0.05) is 23.7 Å². The molecular weight excluding hydrogens is 210 g/mol. The fraction of sp³-hybridized carbons (Fsp3) is 0.500. The number of ether oxygens (including phenoxy) is 1. The Morgan fingerprint density at radius 2 is 2.13 bits per heavy atom. The van der Waals surface area contributed by atoms with Gasteiger partial charge in [0, 0.05) is 24.3 Å². The molecule has 15 heavy (non-hydrogen) atoms. The number of aryl methyl sites for hydroxylation is 1. The van der Waals surface area contributed by atoms with Crippen LogP contribution in [0.2, 0.25) is 5.02 Å². The SMILES string of the molecule is COCCC(C)(N)c1ccc(C)c(Cl)c1. The summed E-state index contributed by atoms with van der Waals surface area (Å²) in [5.74, 6) is 0. The summed E-state index contributed by atoms with van der Waals surface area (Å²) in [6.45, 7) is 4.63. The molecule has 0 aliphatic heterocycles. The van der Waals surface area contributed by atoms with Crippen LogP contribution >= 0.6 is 11.6 Å². The maximum atomic E-state index is 6.20. The van der Waals surface area contributed by atoms with E-state index in [2.05, 4.69) is 0 Å². The first-order valence-electron chi connectivity index (χ1n) is 5.02. The van der Waals surface area contributed by atoms with Crippen molar-refractivity contribution in [3.63, 3.8) is 0 Å². The van der Waals surface area contributed by atoms with Crippen molar-refractivity contribution in [3.05, 3.63) is 34.3 Å². The molecule has 0 spiro atoms. The Bertz CT molecular complexity index is 336. The molecule has 0 saturated carbocycles. The Hall–Kier alpha value is -0.570. The minimum absolute atomic E-state index is 0.382. The molecule has 1 aromatic carbocycles. The molecule has 0 aliphatic rings. The lowest BCUT2D eigenvalue weighted by Gasteiger charge is -2.25. The van der Waals surface area contributed by atoms with Gasteiger partial charge in [-0.05, 0) is 37.5 Å². The maximum absolute atomic E-state index is 6.20. The van der Waals surface area contributed by atoms with E-state index in [1.165, 1.54) is 0 Å². The van der Waals surface area contributed by atoms with Gasteiger partial charge in [-0.2, -0.15) is 0 Å². The lowest BCUT2D eigenvalue weighted by molar-refractivity contribution is 0.172. The van der Waals surface area contributed by atoms with Crippen LogP contribution in [0, 0.1) is 6.92 Å². The van der Waals surface area contributed by atoms with Gasteiger partial charge in [0.25, 0.3) is 0 Å². The van der Waals surface area contributed by atoms with Crippen LogP contribution in [0.15, 0.2) is 18.2 Å². The zero-order valence-electron chi connectivity index (χ0n) is 9.51. The van der Waals surface area contributed by atoms with Crippen molar-refractivity contribution < 1.29 is 4.74 Å². The number of halogens is 1. The summed E-state index contributed by atoms with van der Waals surface area (Å²) >= 11 is 6.07. The second-order valence-electron chi connectivity index (χ2n) is 4.12. The third-order valence-electron chi connectivity index (χ3n) is 2.66. The monoisotopic (exact) mass is 227 g/mol. The molecule has 0 saturated heterocycles. The largest absolute Gasteiger partial charge is 0.385 e. The Morgan fingerprint density at radius 1 is 1.47 bits per heavy atom. The van der Waals surface area contributed by atoms with E-state index in [4.69, 9.17) is 22.1 Å². The van der Waals surface area contributed by atoms with Crippen molar-refractivity contribution in [2.24, 2.45) is 5.73 Å². The van der Waals surface area contributed by atoms with E-state index in [9.17, 15) is 0 Å². The van der Waals surface area contributed by atoms with Crippen molar-refractivity contribution >= 4 is 11.6 Å². The lowest BCUT2D eigenvalue weighted by Crippen LogP contribution is -2.34. The normalized spacial score (nSPS) is 15.0. The first-order valence-corrected chi connectivity index (χ1v) is 5.39. The van der Waals surface area contributed by atoms with Gasteiger partial charge in [0.15, 0.2) is 0 Å². The number of rotatable bonds is 4. The van der Waals surface area contributed by atoms with E-state index >= 15 is 0 Å². The molecule has 0 bridgehead atoms. The minimum atomic E-state index is -0.382. The summed E-state index contributed by atoms with van der Waals surface area (Å²) in [4.78, 5) is 0. The van der Waals surface area contributed by atoms with Gasteiger partial charge in [0.1, 0.15) is 0 Å². The zero-order chi connectivity index (χ0) is 11.5. The summed E-state index contributed by atoms with van der Waals surface area (Å²) in [6, 6.07) is 5.96. The molecule has 1 rings (SSSR count). The maximum Gasteiger partial charge on any atom is 0.0482 e. The highest BCUT2D eigenvalue weighted by Gasteiger charge is 2.21. The fourth-order valence-electron chi connectivity index (χ4n) is 1.41. The average molecular weight is 228 g/mol. The quantitative estimate of drug-likeness (QED) is 0.859. The molecule has 0 amide bonds. The zero-order valence-corrected chi connectivity index (χ0v) is 10.3. The minimum Gasteiger partial charge on any atom is -0.385 e. The van der Waals surface area contributed by atoms with E-state index in [0.717, 1.165) is 22.6 Å². The molecule has 0 fully saturated rings. The standard InChI is InChI=1S/C12H18ClNO/c1-9-4-5-10(8-11(9)13)12(2,14)6-7-15-3/h4-5,8H,6-7,14H2,1-3H3. The van der Waals surface area contributed by atoms with Crippen molar-refractivity contribution in [2.75, 3.05) is 13.7 Å². The van der Waals surface area contributed by atoms with Crippen LogP contribution in [0.1, 0.15) is 24.5 Å². The summed E-state index contributed by atoms with van der Waals surface area (Å²) in [6.07, 6.45) is 0.781. The molecule has 0 radical (unpaired) electrons. The number of benzene rings is 1. The number of hydrogen-bond donors (Lipinski definition) is 1. The van der Waals surface area contributed by atoms with E-state index in [0.29, 0.717) is 6.61 Å². The van der Waals surface area contributed by atoms with Gasteiger partial charge in [-0.25, -0.2) is 0 Å². The molecular formula is C12H18ClNO. The van der Waals surface area contributed by atoms with Crippen LogP contribution < -0.4 is 5.73 Å². The molecule has 2 nitrogen and oxygen atoms in total. The van der Waals surface area contributed by atoms with E-state index in [-0.39, 0.29) is 5.54 Å². The van der Waals surface area contributed by atoms with E-state index < -0.39 is 0 Å². The van der Waals surface area contributed by atoms with E-state index in [1.807, 2.05) is 32.0 Å². The Balaban J connectivity index is 2.89. The summed E-state index contributed by atoms with van der Waals surface area (Å²) in [5, 5.41) is 0.765. The highest BCUT2D eigenvalue weighted by molar-refractivity contribution is 6.31. The van der Waals surface area contributed by atoms with Crippen LogP contribution in [-0.2, 0) is 10.3 Å². The van der Waals surface area contributed by atoms with Gasteiger partial charge >= 0.3 is 0 Å². The van der Waals surface area contributed by atoms with Crippen LogP contribution in [-0.4, -0.2) is 13.7 Å². The smallest absolute Gasteiger partial charge is 0.0482 e. The second-order valence-corrected chi connectivity index (χ2v) is 4.53. The van der Waals surface area contributed by atoms with Crippen LogP contribution in [0.3, 0.4) is 0 Å². The highest BCUT2D eigenvalue weighted by Crippen LogP contribution is 2.26. The number of hydrogen-bond acceptors (Lipinski definition) is 2. The van der Waals surface area contributed by atoms with Crippen molar-refractivity contribution in [1.82, 2.24) is 0 Å². The van der Waals surface area contributed by atoms with Gasteiger partial charge in [-0.3, -0.25) is 0 Å². The predicted molar refractivity (Wildman–Crippen MR) is 64.2 cm³/mol. The lowest BCUT2D eigenvalue weighted by atomic mass is 9.89. The Kier molecular flexibility index (Phi) is 4.14. The molecule has 1 unspecified atom stereocenters. The van der Waals surface area contributed by atoms with Gasteiger partial charge in [-0.15, -0.1) is 0 Å². The Labute approximate surface area is 96.4 Å². The first kappa shape index (κ1) is 12.5. The molecule has 2 N–H and O–H groups in total. The fourth-order valence-corrected chi connectivity index (χ4v) is 1.59. The van der Waals surface area contributed by atoms with Crippen LogP contribution in [0.4, 0.5) is 0 Å². The summed E-state index contributed by atoms with van der Waals surface area (Å²) in [5.41, 5.74) is 7.95. The van der Waals surface area contributed by atoms with Crippen molar-refractivity contribution in [2.45, 2.75) is 25.8 Å². The number of nitrogens with two attached hydrogens (primary N) is 1. The molecule has 84 valence electrons.